The summed E-state index contributed by atoms with van der Waals surface area (Å²) in [5, 5.41) is 10.0. The molecule has 2 N–H and O–H groups in total. The number of fused-ring (bicyclic) bond motifs is 1. The number of phenols is 1. The van der Waals surface area contributed by atoms with Gasteiger partial charge in [-0.05, 0) is 40.8 Å². The topological polar surface area (TPSA) is 67.4 Å². The lowest BCUT2D eigenvalue weighted by Gasteiger charge is -2.06. The Labute approximate surface area is 135 Å². The van der Waals surface area contributed by atoms with E-state index in [9.17, 15) is 5.11 Å². The first kappa shape index (κ1) is 14.0. The number of phenolic OH excluding ortho intramolecular Hbond substituents is 1. The summed E-state index contributed by atoms with van der Waals surface area (Å²) < 4.78 is 11.6. The molecular weight excluding hydrogens is 383 g/mol. The van der Waals surface area contributed by atoms with Gasteiger partial charge in [0.05, 0.1) is 30.8 Å². The van der Waals surface area contributed by atoms with Crippen LogP contribution in [-0.4, -0.2) is 29.3 Å². The molecule has 108 valence electrons. The van der Waals surface area contributed by atoms with E-state index in [1.165, 1.54) is 0 Å². The smallest absolute Gasteiger partial charge is 0.163 e. The van der Waals surface area contributed by atoms with E-state index in [0.29, 0.717) is 22.9 Å². The van der Waals surface area contributed by atoms with Crippen molar-refractivity contribution in [3.05, 3.63) is 33.9 Å². The number of H-pyrrole nitrogens is 1. The number of aromatic nitrogens is 2. The zero-order valence-electron chi connectivity index (χ0n) is 11.5. The highest BCUT2D eigenvalue weighted by molar-refractivity contribution is 14.1. The number of hydrogen-bond acceptors (Lipinski definition) is 4. The number of rotatable bonds is 3. The second kappa shape index (κ2) is 5.44. The van der Waals surface area contributed by atoms with Gasteiger partial charge in [0, 0.05) is 15.7 Å². The SMILES string of the molecule is COc1cc2nc(-c3cc(I)ccc3O)[nH]c2cc1OC. The lowest BCUT2D eigenvalue weighted by Crippen LogP contribution is -1.89. The molecule has 1 heterocycles. The van der Waals surface area contributed by atoms with Crippen LogP contribution in [0.3, 0.4) is 0 Å². The van der Waals surface area contributed by atoms with Crippen molar-refractivity contribution in [1.82, 2.24) is 9.97 Å². The molecule has 5 nitrogen and oxygen atoms in total. The van der Waals surface area contributed by atoms with Gasteiger partial charge in [-0.15, -0.1) is 0 Å². The van der Waals surface area contributed by atoms with Gasteiger partial charge in [-0.2, -0.15) is 0 Å². The highest BCUT2D eigenvalue weighted by Gasteiger charge is 2.13. The maximum Gasteiger partial charge on any atom is 0.163 e. The first-order valence-corrected chi connectivity index (χ1v) is 7.31. The van der Waals surface area contributed by atoms with Gasteiger partial charge in [0.1, 0.15) is 11.6 Å². The normalized spacial score (nSPS) is 10.8. The minimum absolute atomic E-state index is 0.188. The number of methoxy groups -OCH3 is 2. The van der Waals surface area contributed by atoms with Crippen molar-refractivity contribution in [2.45, 2.75) is 0 Å². The summed E-state index contributed by atoms with van der Waals surface area (Å²) in [7, 11) is 3.18. The van der Waals surface area contributed by atoms with E-state index < -0.39 is 0 Å². The van der Waals surface area contributed by atoms with Crippen molar-refractivity contribution in [2.24, 2.45) is 0 Å². The van der Waals surface area contributed by atoms with E-state index in [-0.39, 0.29) is 5.75 Å². The lowest BCUT2D eigenvalue weighted by atomic mass is 10.2. The molecule has 0 spiro atoms. The van der Waals surface area contributed by atoms with E-state index in [0.717, 1.165) is 14.6 Å². The second-order valence-electron chi connectivity index (χ2n) is 4.47. The van der Waals surface area contributed by atoms with Gasteiger partial charge in [0.2, 0.25) is 0 Å². The van der Waals surface area contributed by atoms with Crippen LogP contribution in [0.5, 0.6) is 17.2 Å². The number of ether oxygens (including phenoxy) is 2. The second-order valence-corrected chi connectivity index (χ2v) is 5.72. The summed E-state index contributed by atoms with van der Waals surface area (Å²) in [6.07, 6.45) is 0. The van der Waals surface area contributed by atoms with Gasteiger partial charge >= 0.3 is 0 Å². The summed E-state index contributed by atoms with van der Waals surface area (Å²) in [6.45, 7) is 0. The van der Waals surface area contributed by atoms with E-state index in [1.54, 1.807) is 26.4 Å². The summed E-state index contributed by atoms with van der Waals surface area (Å²) in [6, 6.07) is 9.01. The van der Waals surface area contributed by atoms with E-state index >= 15 is 0 Å². The number of nitrogens with zero attached hydrogens (tertiary/aromatic N) is 1. The van der Waals surface area contributed by atoms with Crippen LogP contribution < -0.4 is 9.47 Å². The first-order chi connectivity index (χ1) is 10.1. The molecule has 1 aromatic heterocycles. The maximum absolute atomic E-state index is 10.0. The van der Waals surface area contributed by atoms with Crippen molar-refractivity contribution in [3.8, 4) is 28.6 Å². The Morgan fingerprint density at radius 3 is 2.52 bits per heavy atom. The molecule has 2 aromatic carbocycles. The molecule has 0 fully saturated rings. The molecule has 0 atom stereocenters. The third-order valence-corrected chi connectivity index (χ3v) is 3.87. The lowest BCUT2D eigenvalue weighted by molar-refractivity contribution is 0.356. The summed E-state index contributed by atoms with van der Waals surface area (Å²) in [5.41, 5.74) is 2.23. The molecule has 3 aromatic rings. The molecule has 0 saturated heterocycles. The standard InChI is InChI=1S/C15H13IN2O3/c1-20-13-6-10-11(7-14(13)21-2)18-15(17-10)9-5-8(16)3-4-12(9)19/h3-7,19H,1-2H3,(H,17,18). The summed E-state index contributed by atoms with van der Waals surface area (Å²) >= 11 is 2.20. The minimum atomic E-state index is 0.188. The first-order valence-electron chi connectivity index (χ1n) is 6.23. The molecule has 0 bridgehead atoms. The van der Waals surface area contributed by atoms with Crippen molar-refractivity contribution in [1.29, 1.82) is 0 Å². The zero-order chi connectivity index (χ0) is 15.0. The van der Waals surface area contributed by atoms with Crippen molar-refractivity contribution >= 4 is 33.6 Å². The fourth-order valence-electron chi connectivity index (χ4n) is 2.16. The molecule has 0 aliphatic carbocycles. The van der Waals surface area contributed by atoms with Crippen LogP contribution in [0.15, 0.2) is 30.3 Å². The predicted molar refractivity (Wildman–Crippen MR) is 89.0 cm³/mol. The fraction of sp³-hybridized carbons (Fsp3) is 0.133. The van der Waals surface area contributed by atoms with Crippen LogP contribution in [0.1, 0.15) is 0 Å². The highest BCUT2D eigenvalue weighted by Crippen LogP contribution is 2.34. The third kappa shape index (κ3) is 2.51. The molecular formula is C15H13IN2O3. The Morgan fingerprint density at radius 1 is 1.10 bits per heavy atom. The number of aromatic amines is 1. The summed E-state index contributed by atoms with van der Waals surface area (Å²) in [5.74, 6) is 2.05. The van der Waals surface area contributed by atoms with Gasteiger partial charge in [-0.1, -0.05) is 0 Å². The molecule has 3 rings (SSSR count). The van der Waals surface area contributed by atoms with Crippen molar-refractivity contribution < 1.29 is 14.6 Å². The molecule has 0 aliphatic heterocycles. The Bertz CT molecular complexity index is 773. The number of halogens is 1. The Morgan fingerprint density at radius 2 is 1.81 bits per heavy atom. The van der Waals surface area contributed by atoms with Gasteiger partial charge in [0.15, 0.2) is 11.5 Å². The number of imidazole rings is 1. The molecule has 0 saturated carbocycles. The quantitative estimate of drug-likeness (QED) is 0.665. The van der Waals surface area contributed by atoms with Crippen LogP contribution in [-0.2, 0) is 0 Å². The van der Waals surface area contributed by atoms with Crippen LogP contribution in [0.25, 0.3) is 22.4 Å². The number of nitrogens with one attached hydrogen (secondary N) is 1. The zero-order valence-corrected chi connectivity index (χ0v) is 13.6. The number of benzene rings is 2. The predicted octanol–water partition coefficient (Wildman–Crippen LogP) is 3.56. The van der Waals surface area contributed by atoms with Crippen LogP contribution in [0.4, 0.5) is 0 Å². The van der Waals surface area contributed by atoms with E-state index in [4.69, 9.17) is 9.47 Å². The van der Waals surface area contributed by atoms with Crippen LogP contribution in [0.2, 0.25) is 0 Å². The molecule has 6 heteroatoms. The molecule has 0 radical (unpaired) electrons. The molecule has 0 aliphatic rings. The molecule has 21 heavy (non-hydrogen) atoms. The fourth-order valence-corrected chi connectivity index (χ4v) is 2.65. The average molecular weight is 396 g/mol. The minimum Gasteiger partial charge on any atom is -0.507 e. The molecule has 0 amide bonds. The van der Waals surface area contributed by atoms with Gasteiger partial charge in [-0.3, -0.25) is 0 Å². The van der Waals surface area contributed by atoms with E-state index in [1.807, 2.05) is 18.2 Å². The number of aromatic hydroxyl groups is 1. The van der Waals surface area contributed by atoms with Gasteiger partial charge in [0.25, 0.3) is 0 Å². The van der Waals surface area contributed by atoms with Crippen LogP contribution >= 0.6 is 22.6 Å². The summed E-state index contributed by atoms with van der Waals surface area (Å²) in [4.78, 5) is 7.71. The third-order valence-electron chi connectivity index (χ3n) is 3.20. The Kier molecular flexibility index (Phi) is 3.62. The Balaban J connectivity index is 2.19. The van der Waals surface area contributed by atoms with Gasteiger partial charge in [-0.25, -0.2) is 4.98 Å². The van der Waals surface area contributed by atoms with E-state index in [2.05, 4.69) is 32.6 Å². The Hall–Kier alpha value is -1.96. The maximum atomic E-state index is 10.0. The average Bonchev–Trinajstić information content (AvgIpc) is 2.90. The highest BCUT2D eigenvalue weighted by atomic mass is 127. The van der Waals surface area contributed by atoms with Crippen molar-refractivity contribution in [3.63, 3.8) is 0 Å². The monoisotopic (exact) mass is 396 g/mol. The van der Waals surface area contributed by atoms with Gasteiger partial charge < -0.3 is 19.6 Å². The van der Waals surface area contributed by atoms with Crippen molar-refractivity contribution in [2.75, 3.05) is 14.2 Å². The number of hydrogen-bond donors (Lipinski definition) is 2. The van der Waals surface area contributed by atoms with Crippen LogP contribution in [0, 0.1) is 3.57 Å². The molecule has 0 unspecified atom stereocenters. The largest absolute Gasteiger partial charge is 0.507 e.